The van der Waals surface area contributed by atoms with Crippen molar-refractivity contribution in [1.82, 2.24) is 0 Å². The first-order chi connectivity index (χ1) is 11.5. The van der Waals surface area contributed by atoms with E-state index in [0.717, 1.165) is 11.1 Å². The van der Waals surface area contributed by atoms with Crippen LogP contribution < -0.4 is 11.1 Å². The number of hydrogen-bond donors (Lipinski definition) is 4. The second kappa shape index (κ2) is 6.34. The maximum Gasteiger partial charge on any atom is 0.259 e. The van der Waals surface area contributed by atoms with E-state index in [-0.39, 0.29) is 17.1 Å². The molecule has 0 atom stereocenters. The van der Waals surface area contributed by atoms with Crippen LogP contribution in [0.3, 0.4) is 0 Å². The van der Waals surface area contributed by atoms with Crippen molar-refractivity contribution in [2.24, 2.45) is 0 Å². The van der Waals surface area contributed by atoms with Gasteiger partial charge in [0.1, 0.15) is 11.5 Å². The summed E-state index contributed by atoms with van der Waals surface area (Å²) in [7, 11) is 0. The Hall–Kier alpha value is -3.47. The molecule has 5 N–H and O–H groups in total. The zero-order valence-corrected chi connectivity index (χ0v) is 12.7. The average Bonchev–Trinajstić information content (AvgIpc) is 2.55. The highest BCUT2D eigenvalue weighted by atomic mass is 16.3. The Bertz CT molecular complexity index is 889. The standard InChI is InChI=1S/C19H16N2O3/c20-14-7-4-12(5-8-14)13-6-9-17(18(23)10-13)19(24)21-15-2-1-3-16(22)11-15/h1-11,22-23H,20H2,(H,21,24). The Morgan fingerprint density at radius 3 is 2.25 bits per heavy atom. The molecule has 0 aliphatic heterocycles. The van der Waals surface area contributed by atoms with Gasteiger partial charge in [0, 0.05) is 17.4 Å². The van der Waals surface area contributed by atoms with Gasteiger partial charge in [-0.05, 0) is 47.5 Å². The van der Waals surface area contributed by atoms with E-state index >= 15 is 0 Å². The molecule has 0 aliphatic carbocycles. The predicted octanol–water partition coefficient (Wildman–Crippen LogP) is 3.60. The summed E-state index contributed by atoms with van der Waals surface area (Å²) in [5.74, 6) is -0.528. The quantitative estimate of drug-likeness (QED) is 0.554. The monoisotopic (exact) mass is 320 g/mol. The zero-order valence-electron chi connectivity index (χ0n) is 12.7. The predicted molar refractivity (Wildman–Crippen MR) is 94.0 cm³/mol. The number of carbonyl (C=O) groups excluding carboxylic acids is 1. The van der Waals surface area contributed by atoms with Crippen LogP contribution in [0.2, 0.25) is 0 Å². The minimum Gasteiger partial charge on any atom is -0.508 e. The molecule has 24 heavy (non-hydrogen) atoms. The van der Waals surface area contributed by atoms with Crippen LogP contribution in [-0.4, -0.2) is 16.1 Å². The van der Waals surface area contributed by atoms with Crippen molar-refractivity contribution in [3.05, 3.63) is 72.3 Å². The number of nitrogen functional groups attached to an aromatic ring is 1. The number of nitrogens with two attached hydrogens (primary N) is 1. The Labute approximate surface area is 139 Å². The van der Waals surface area contributed by atoms with Crippen molar-refractivity contribution in [2.75, 3.05) is 11.1 Å². The summed E-state index contributed by atoms with van der Waals surface area (Å²) in [6.07, 6.45) is 0. The lowest BCUT2D eigenvalue weighted by molar-refractivity contribution is 0.102. The number of phenolic OH excluding ortho intramolecular Hbond substituents is 2. The van der Waals surface area contributed by atoms with Crippen LogP contribution in [0.15, 0.2) is 66.7 Å². The second-order valence-electron chi connectivity index (χ2n) is 5.36. The van der Waals surface area contributed by atoms with Crippen LogP contribution in [0, 0.1) is 0 Å². The van der Waals surface area contributed by atoms with Crippen LogP contribution in [0.25, 0.3) is 11.1 Å². The molecule has 0 radical (unpaired) electrons. The van der Waals surface area contributed by atoms with Crippen molar-refractivity contribution in [3.8, 4) is 22.6 Å². The highest BCUT2D eigenvalue weighted by molar-refractivity contribution is 6.06. The summed E-state index contributed by atoms with van der Waals surface area (Å²) < 4.78 is 0. The first-order valence-corrected chi connectivity index (χ1v) is 7.32. The number of benzene rings is 3. The molecule has 0 fully saturated rings. The largest absolute Gasteiger partial charge is 0.508 e. The summed E-state index contributed by atoms with van der Waals surface area (Å²) in [5.41, 5.74) is 8.58. The normalized spacial score (nSPS) is 10.3. The third-order valence-electron chi connectivity index (χ3n) is 3.59. The minimum atomic E-state index is -0.457. The van der Waals surface area contributed by atoms with Gasteiger partial charge in [0.15, 0.2) is 0 Å². The van der Waals surface area contributed by atoms with Gasteiger partial charge in [-0.3, -0.25) is 4.79 Å². The molecule has 0 bridgehead atoms. The van der Waals surface area contributed by atoms with Gasteiger partial charge in [0.25, 0.3) is 5.91 Å². The molecule has 0 unspecified atom stereocenters. The molecule has 0 heterocycles. The van der Waals surface area contributed by atoms with E-state index in [1.807, 2.05) is 12.1 Å². The number of carbonyl (C=O) groups is 1. The maximum atomic E-state index is 12.3. The fraction of sp³-hybridized carbons (Fsp3) is 0. The fourth-order valence-corrected chi connectivity index (χ4v) is 2.36. The van der Waals surface area contributed by atoms with E-state index in [9.17, 15) is 15.0 Å². The van der Waals surface area contributed by atoms with Gasteiger partial charge in [-0.15, -0.1) is 0 Å². The SMILES string of the molecule is Nc1ccc(-c2ccc(C(=O)Nc3cccc(O)c3)c(O)c2)cc1. The van der Waals surface area contributed by atoms with Crippen LogP contribution in [0.4, 0.5) is 11.4 Å². The molecule has 5 heteroatoms. The number of hydrogen-bond acceptors (Lipinski definition) is 4. The molecule has 3 aromatic rings. The minimum absolute atomic E-state index is 0.0516. The average molecular weight is 320 g/mol. The maximum absolute atomic E-state index is 12.3. The van der Waals surface area contributed by atoms with Gasteiger partial charge in [0.05, 0.1) is 5.56 Å². The van der Waals surface area contributed by atoms with Gasteiger partial charge in [-0.25, -0.2) is 0 Å². The second-order valence-corrected chi connectivity index (χ2v) is 5.36. The highest BCUT2D eigenvalue weighted by Crippen LogP contribution is 2.28. The Kier molecular flexibility index (Phi) is 4.07. The van der Waals surface area contributed by atoms with E-state index < -0.39 is 5.91 Å². The van der Waals surface area contributed by atoms with Crippen molar-refractivity contribution in [2.45, 2.75) is 0 Å². The Morgan fingerprint density at radius 1 is 0.875 bits per heavy atom. The van der Waals surface area contributed by atoms with Crippen molar-refractivity contribution in [3.63, 3.8) is 0 Å². The first kappa shape index (κ1) is 15.4. The molecular weight excluding hydrogens is 304 g/mol. The molecule has 120 valence electrons. The van der Waals surface area contributed by atoms with Gasteiger partial charge in [0.2, 0.25) is 0 Å². The molecular formula is C19H16N2O3. The van der Waals surface area contributed by atoms with Crippen LogP contribution in [0.5, 0.6) is 11.5 Å². The lowest BCUT2D eigenvalue weighted by atomic mass is 10.0. The lowest BCUT2D eigenvalue weighted by Gasteiger charge is -2.09. The van der Waals surface area contributed by atoms with Crippen molar-refractivity contribution < 1.29 is 15.0 Å². The van der Waals surface area contributed by atoms with Crippen molar-refractivity contribution in [1.29, 1.82) is 0 Å². The molecule has 0 saturated carbocycles. The number of phenols is 2. The highest BCUT2D eigenvalue weighted by Gasteiger charge is 2.13. The first-order valence-electron chi connectivity index (χ1n) is 7.32. The summed E-state index contributed by atoms with van der Waals surface area (Å²) in [4.78, 5) is 12.3. The number of aromatic hydroxyl groups is 2. The Balaban J connectivity index is 1.84. The van der Waals surface area contributed by atoms with Gasteiger partial charge < -0.3 is 21.3 Å². The molecule has 0 aromatic heterocycles. The summed E-state index contributed by atoms with van der Waals surface area (Å²) in [6.45, 7) is 0. The topological polar surface area (TPSA) is 95.6 Å². The molecule has 3 rings (SSSR count). The van der Waals surface area contributed by atoms with E-state index in [0.29, 0.717) is 11.4 Å². The van der Waals surface area contributed by atoms with E-state index in [1.54, 1.807) is 36.4 Å². The summed E-state index contributed by atoms with van der Waals surface area (Å²) in [5, 5.41) is 22.2. The number of nitrogens with one attached hydrogen (secondary N) is 1. The smallest absolute Gasteiger partial charge is 0.259 e. The third kappa shape index (κ3) is 3.30. The Morgan fingerprint density at radius 2 is 1.58 bits per heavy atom. The lowest BCUT2D eigenvalue weighted by Crippen LogP contribution is -2.12. The molecule has 1 amide bonds. The van der Waals surface area contributed by atoms with Crippen LogP contribution >= 0.6 is 0 Å². The number of amides is 1. The molecule has 3 aromatic carbocycles. The third-order valence-corrected chi connectivity index (χ3v) is 3.59. The fourth-order valence-electron chi connectivity index (χ4n) is 2.36. The number of anilines is 2. The van der Waals surface area contributed by atoms with E-state index in [4.69, 9.17) is 5.73 Å². The van der Waals surface area contributed by atoms with Gasteiger partial charge >= 0.3 is 0 Å². The molecule has 5 nitrogen and oxygen atoms in total. The van der Waals surface area contributed by atoms with Crippen molar-refractivity contribution >= 4 is 17.3 Å². The van der Waals surface area contributed by atoms with Crippen LogP contribution in [-0.2, 0) is 0 Å². The molecule has 0 spiro atoms. The zero-order chi connectivity index (χ0) is 17.1. The van der Waals surface area contributed by atoms with E-state index in [2.05, 4.69) is 5.32 Å². The molecule has 0 aliphatic rings. The molecule has 0 saturated heterocycles. The summed E-state index contributed by atoms with van der Waals surface area (Å²) >= 11 is 0. The summed E-state index contributed by atoms with van der Waals surface area (Å²) in [6, 6.07) is 18.3. The van der Waals surface area contributed by atoms with Gasteiger partial charge in [-0.1, -0.05) is 24.3 Å². The van der Waals surface area contributed by atoms with Crippen LogP contribution in [0.1, 0.15) is 10.4 Å². The van der Waals surface area contributed by atoms with E-state index in [1.165, 1.54) is 18.2 Å². The number of rotatable bonds is 3. The van der Waals surface area contributed by atoms with Gasteiger partial charge in [-0.2, -0.15) is 0 Å².